The summed E-state index contributed by atoms with van der Waals surface area (Å²) in [5.74, 6) is -2.62. The van der Waals surface area contributed by atoms with Crippen molar-refractivity contribution in [2.45, 2.75) is 39.0 Å². The lowest BCUT2D eigenvalue weighted by Gasteiger charge is -2.37. The van der Waals surface area contributed by atoms with Crippen LogP contribution >= 0.6 is 0 Å². The van der Waals surface area contributed by atoms with Crippen LogP contribution in [0.3, 0.4) is 0 Å². The van der Waals surface area contributed by atoms with Gasteiger partial charge in [0.05, 0.1) is 0 Å². The highest BCUT2D eigenvalue weighted by Crippen LogP contribution is 2.43. The lowest BCUT2D eigenvalue weighted by atomic mass is 9.70. The minimum absolute atomic E-state index is 0.0269. The van der Waals surface area contributed by atoms with Crippen LogP contribution in [0.2, 0.25) is 0 Å². The Morgan fingerprint density at radius 1 is 1.14 bits per heavy atom. The van der Waals surface area contributed by atoms with E-state index in [4.69, 9.17) is 0 Å². The average Bonchev–Trinajstić information content (AvgIpc) is 2.39. The fraction of sp³-hybridized carbons (Fsp3) is 0.412. The van der Waals surface area contributed by atoms with Crippen LogP contribution in [0.5, 0.6) is 0 Å². The number of carbonyl (C=O) groups excluding carboxylic acids is 2. The van der Waals surface area contributed by atoms with E-state index in [1.165, 1.54) is 6.07 Å². The van der Waals surface area contributed by atoms with E-state index in [1.54, 1.807) is 0 Å². The zero-order valence-electron chi connectivity index (χ0n) is 12.5. The number of Topliss-reactive ketones (excluding diaryl/α,β-unsaturated/α-hetero) is 1. The molecule has 0 fully saturated rings. The Labute approximate surface area is 127 Å². The monoisotopic (exact) mass is 305 g/mol. The maximum Gasteiger partial charge on any atom is 0.225 e. The molecule has 2 aliphatic rings. The minimum Gasteiger partial charge on any atom is -0.329 e. The Kier molecular flexibility index (Phi) is 3.38. The summed E-state index contributed by atoms with van der Waals surface area (Å²) in [5.41, 5.74) is 1.44. The van der Waals surface area contributed by atoms with Crippen LogP contribution in [0.25, 0.3) is 0 Å². The highest BCUT2D eigenvalue weighted by atomic mass is 19.2. The zero-order chi connectivity index (χ0) is 16.1. The summed E-state index contributed by atoms with van der Waals surface area (Å²) in [6, 6.07) is 3.56. The number of carbonyl (C=O) groups is 2. The molecule has 0 saturated heterocycles. The van der Waals surface area contributed by atoms with Crippen LogP contribution in [-0.2, 0) is 9.59 Å². The molecule has 1 unspecified atom stereocenters. The van der Waals surface area contributed by atoms with Crippen molar-refractivity contribution < 1.29 is 18.4 Å². The number of hydrogen-bond acceptors (Lipinski definition) is 2. The number of amides is 1. The van der Waals surface area contributed by atoms with E-state index in [9.17, 15) is 18.4 Å². The fourth-order valence-electron chi connectivity index (χ4n) is 3.37. The molecule has 1 heterocycles. The molecule has 1 aromatic rings. The van der Waals surface area contributed by atoms with E-state index in [1.807, 2.05) is 13.8 Å². The van der Waals surface area contributed by atoms with Crippen LogP contribution in [0, 0.1) is 17.0 Å². The van der Waals surface area contributed by atoms with Crippen molar-refractivity contribution in [2.75, 3.05) is 0 Å². The Balaban J connectivity index is 2.08. The molecule has 0 saturated carbocycles. The van der Waals surface area contributed by atoms with E-state index in [0.29, 0.717) is 29.7 Å². The SMILES string of the molecule is CC1(C)CC(=O)C2=C(C1)NC(=O)CC2c1ccc(F)c(F)c1. The van der Waals surface area contributed by atoms with Gasteiger partial charge in [0.15, 0.2) is 17.4 Å². The second kappa shape index (κ2) is 5.00. The molecule has 0 aromatic heterocycles. The van der Waals surface area contributed by atoms with Crippen LogP contribution in [0.4, 0.5) is 8.78 Å². The number of hydrogen-bond donors (Lipinski definition) is 1. The van der Waals surface area contributed by atoms with Gasteiger partial charge in [-0.15, -0.1) is 0 Å². The summed E-state index contributed by atoms with van der Waals surface area (Å²) < 4.78 is 26.6. The zero-order valence-corrected chi connectivity index (χ0v) is 12.5. The summed E-state index contributed by atoms with van der Waals surface area (Å²) in [6.07, 6.45) is 1.07. The number of benzene rings is 1. The average molecular weight is 305 g/mol. The summed E-state index contributed by atoms with van der Waals surface area (Å²) in [4.78, 5) is 24.5. The number of halogens is 2. The molecule has 1 atom stereocenters. The standard InChI is InChI=1S/C17H17F2NO2/c1-17(2)7-13-16(14(21)8-17)10(6-15(22)20-13)9-3-4-11(18)12(19)5-9/h3-5,10H,6-8H2,1-2H3,(H,20,22). The Hall–Kier alpha value is -2.04. The van der Waals surface area contributed by atoms with Gasteiger partial charge in [0.25, 0.3) is 0 Å². The van der Waals surface area contributed by atoms with Crippen molar-refractivity contribution in [3.8, 4) is 0 Å². The summed E-state index contributed by atoms with van der Waals surface area (Å²) in [6.45, 7) is 3.95. The van der Waals surface area contributed by atoms with E-state index < -0.39 is 17.6 Å². The van der Waals surface area contributed by atoms with E-state index >= 15 is 0 Å². The third kappa shape index (κ3) is 2.56. The number of rotatable bonds is 1. The smallest absolute Gasteiger partial charge is 0.225 e. The van der Waals surface area contributed by atoms with Crippen molar-refractivity contribution in [3.05, 3.63) is 46.7 Å². The first-order chi connectivity index (χ1) is 10.3. The first-order valence-corrected chi connectivity index (χ1v) is 7.28. The van der Waals surface area contributed by atoms with Gasteiger partial charge in [-0.3, -0.25) is 9.59 Å². The first-order valence-electron chi connectivity index (χ1n) is 7.28. The van der Waals surface area contributed by atoms with Crippen LogP contribution in [0.15, 0.2) is 29.5 Å². The van der Waals surface area contributed by atoms with Crippen molar-refractivity contribution in [2.24, 2.45) is 5.41 Å². The molecule has 0 spiro atoms. The third-order valence-electron chi connectivity index (χ3n) is 4.29. The number of allylic oxidation sites excluding steroid dienone is 2. The van der Waals surface area contributed by atoms with E-state index in [-0.39, 0.29) is 23.5 Å². The molecule has 1 aliphatic heterocycles. The topological polar surface area (TPSA) is 46.2 Å². The molecule has 1 aliphatic carbocycles. The summed E-state index contributed by atoms with van der Waals surface area (Å²) in [7, 11) is 0. The molecule has 0 bridgehead atoms. The van der Waals surface area contributed by atoms with Crippen LogP contribution in [-0.4, -0.2) is 11.7 Å². The molecule has 0 radical (unpaired) electrons. The van der Waals surface area contributed by atoms with E-state index in [2.05, 4.69) is 5.32 Å². The summed E-state index contributed by atoms with van der Waals surface area (Å²) in [5, 5.41) is 2.78. The van der Waals surface area contributed by atoms with Crippen molar-refractivity contribution in [1.29, 1.82) is 0 Å². The largest absolute Gasteiger partial charge is 0.329 e. The molecular weight excluding hydrogens is 288 g/mol. The van der Waals surface area contributed by atoms with Gasteiger partial charge in [-0.1, -0.05) is 19.9 Å². The van der Waals surface area contributed by atoms with Gasteiger partial charge < -0.3 is 5.32 Å². The van der Waals surface area contributed by atoms with Gasteiger partial charge in [-0.25, -0.2) is 8.78 Å². The van der Waals surface area contributed by atoms with Crippen molar-refractivity contribution >= 4 is 11.7 Å². The number of nitrogens with one attached hydrogen (secondary N) is 1. The maximum absolute atomic E-state index is 13.5. The minimum atomic E-state index is -0.964. The molecule has 3 nitrogen and oxygen atoms in total. The van der Waals surface area contributed by atoms with Gasteiger partial charge >= 0.3 is 0 Å². The second-order valence-corrected chi connectivity index (χ2v) is 6.81. The van der Waals surface area contributed by atoms with Gasteiger partial charge in [0.1, 0.15) is 0 Å². The second-order valence-electron chi connectivity index (χ2n) is 6.81. The highest BCUT2D eigenvalue weighted by Gasteiger charge is 2.40. The first kappa shape index (κ1) is 14.9. The highest BCUT2D eigenvalue weighted by molar-refractivity contribution is 6.02. The predicted octanol–water partition coefficient (Wildman–Crippen LogP) is 3.21. The van der Waals surface area contributed by atoms with Crippen molar-refractivity contribution in [3.63, 3.8) is 0 Å². The number of ketones is 1. The third-order valence-corrected chi connectivity index (χ3v) is 4.29. The quantitative estimate of drug-likeness (QED) is 0.866. The predicted molar refractivity (Wildman–Crippen MR) is 76.9 cm³/mol. The van der Waals surface area contributed by atoms with Crippen LogP contribution in [0.1, 0.15) is 44.6 Å². The molecular formula is C17H17F2NO2. The van der Waals surface area contributed by atoms with Gasteiger partial charge in [0, 0.05) is 30.0 Å². The lowest BCUT2D eigenvalue weighted by Crippen LogP contribution is -2.40. The van der Waals surface area contributed by atoms with E-state index in [0.717, 1.165) is 12.1 Å². The molecule has 1 aromatic carbocycles. The van der Waals surface area contributed by atoms with Gasteiger partial charge in [0.2, 0.25) is 5.91 Å². The van der Waals surface area contributed by atoms with Crippen molar-refractivity contribution in [1.82, 2.24) is 5.32 Å². The molecule has 116 valence electrons. The summed E-state index contributed by atoms with van der Waals surface area (Å²) >= 11 is 0. The fourth-order valence-corrected chi connectivity index (χ4v) is 3.37. The van der Waals surface area contributed by atoms with Crippen LogP contribution < -0.4 is 5.32 Å². The Bertz CT molecular complexity index is 707. The molecule has 1 N–H and O–H groups in total. The Morgan fingerprint density at radius 3 is 2.55 bits per heavy atom. The van der Waals surface area contributed by atoms with Gasteiger partial charge in [-0.2, -0.15) is 0 Å². The molecule has 1 amide bonds. The molecule has 22 heavy (non-hydrogen) atoms. The van der Waals surface area contributed by atoms with Gasteiger partial charge in [-0.05, 0) is 29.5 Å². The maximum atomic E-state index is 13.5. The molecule has 5 heteroatoms. The lowest BCUT2D eigenvalue weighted by molar-refractivity contribution is -0.122. The normalized spacial score (nSPS) is 24.1. The molecule has 3 rings (SSSR count). The Morgan fingerprint density at radius 2 is 1.86 bits per heavy atom.